The molecule has 6 heteroatoms. The van der Waals surface area contributed by atoms with E-state index in [0.29, 0.717) is 18.1 Å². The van der Waals surface area contributed by atoms with Gasteiger partial charge in [0.15, 0.2) is 17.8 Å². The molecule has 1 heterocycles. The van der Waals surface area contributed by atoms with E-state index in [2.05, 4.69) is 10.3 Å². The van der Waals surface area contributed by atoms with Crippen molar-refractivity contribution in [2.24, 2.45) is 0 Å². The zero-order chi connectivity index (χ0) is 21.5. The largest absolute Gasteiger partial charge is 0.453 e. The van der Waals surface area contributed by atoms with Crippen molar-refractivity contribution in [2.45, 2.75) is 45.8 Å². The second kappa shape index (κ2) is 9.87. The Morgan fingerprint density at radius 2 is 1.77 bits per heavy atom. The molecule has 1 N–H and O–H groups in total. The third-order valence-corrected chi connectivity index (χ3v) is 4.77. The topological polar surface area (TPSA) is 81.4 Å². The lowest BCUT2D eigenvalue weighted by molar-refractivity contribution is -0.155. The third kappa shape index (κ3) is 5.80. The third-order valence-electron chi connectivity index (χ3n) is 4.77. The summed E-state index contributed by atoms with van der Waals surface area (Å²) in [6.07, 6.45) is 1.15. The molecular weight excluding hydrogens is 380 g/mol. The van der Waals surface area contributed by atoms with E-state index in [1.54, 1.807) is 13.1 Å². The predicted molar refractivity (Wildman–Crippen MR) is 114 cm³/mol. The van der Waals surface area contributed by atoms with Crippen molar-refractivity contribution >= 4 is 11.9 Å². The molecule has 0 saturated carbocycles. The lowest BCUT2D eigenvalue weighted by atomic mass is 10.1. The molecule has 1 amide bonds. The Morgan fingerprint density at radius 3 is 2.47 bits per heavy atom. The SMILES string of the molecule is Cc1ccc(-c2cnc(CCC(=O)OC(C)C(=O)NC(C)c3ccccc3)o2)cc1. The van der Waals surface area contributed by atoms with E-state index in [-0.39, 0.29) is 18.4 Å². The number of benzene rings is 2. The Bertz CT molecular complexity index is 980. The summed E-state index contributed by atoms with van der Waals surface area (Å²) in [5, 5.41) is 2.85. The summed E-state index contributed by atoms with van der Waals surface area (Å²) in [7, 11) is 0. The highest BCUT2D eigenvalue weighted by molar-refractivity contribution is 5.83. The maximum absolute atomic E-state index is 12.3. The smallest absolute Gasteiger partial charge is 0.307 e. The fourth-order valence-electron chi connectivity index (χ4n) is 2.95. The number of carbonyl (C=O) groups excluding carboxylic acids is 2. The van der Waals surface area contributed by atoms with Crippen LogP contribution in [0, 0.1) is 6.92 Å². The molecule has 0 radical (unpaired) electrons. The van der Waals surface area contributed by atoms with Crippen LogP contribution in [0.15, 0.2) is 65.2 Å². The van der Waals surface area contributed by atoms with Crippen LogP contribution in [0.2, 0.25) is 0 Å². The molecule has 2 atom stereocenters. The summed E-state index contributed by atoms with van der Waals surface area (Å²) in [6, 6.07) is 17.4. The first-order valence-electron chi connectivity index (χ1n) is 9.99. The van der Waals surface area contributed by atoms with Crippen LogP contribution >= 0.6 is 0 Å². The summed E-state index contributed by atoms with van der Waals surface area (Å²) >= 11 is 0. The summed E-state index contributed by atoms with van der Waals surface area (Å²) in [5.74, 6) is 0.302. The number of aromatic nitrogens is 1. The van der Waals surface area contributed by atoms with Gasteiger partial charge in [0.1, 0.15) is 0 Å². The van der Waals surface area contributed by atoms with Gasteiger partial charge < -0.3 is 14.5 Å². The second-order valence-corrected chi connectivity index (χ2v) is 7.26. The highest BCUT2D eigenvalue weighted by atomic mass is 16.5. The van der Waals surface area contributed by atoms with Crippen LogP contribution in [0.5, 0.6) is 0 Å². The van der Waals surface area contributed by atoms with Gasteiger partial charge >= 0.3 is 5.97 Å². The van der Waals surface area contributed by atoms with Gasteiger partial charge in [-0.15, -0.1) is 0 Å². The van der Waals surface area contributed by atoms with Crippen molar-refractivity contribution in [3.8, 4) is 11.3 Å². The molecule has 0 spiro atoms. The number of nitrogens with zero attached hydrogens (tertiary/aromatic N) is 1. The number of esters is 1. The number of nitrogens with one attached hydrogen (secondary N) is 1. The number of ether oxygens (including phenoxy) is 1. The highest BCUT2D eigenvalue weighted by Crippen LogP contribution is 2.21. The summed E-state index contributed by atoms with van der Waals surface area (Å²) < 4.78 is 11.0. The van der Waals surface area contributed by atoms with E-state index in [1.807, 2.05) is 68.4 Å². The molecule has 3 aromatic rings. The number of aryl methyl sites for hydroxylation is 2. The van der Waals surface area contributed by atoms with Crippen molar-refractivity contribution in [1.82, 2.24) is 10.3 Å². The van der Waals surface area contributed by atoms with Gasteiger partial charge in [-0.3, -0.25) is 9.59 Å². The molecule has 6 nitrogen and oxygen atoms in total. The molecule has 0 aliphatic carbocycles. The van der Waals surface area contributed by atoms with Gasteiger partial charge in [-0.2, -0.15) is 0 Å². The van der Waals surface area contributed by atoms with Gasteiger partial charge in [0.05, 0.1) is 18.7 Å². The quantitative estimate of drug-likeness (QED) is 0.561. The lowest BCUT2D eigenvalue weighted by Crippen LogP contribution is -2.37. The normalized spacial score (nSPS) is 12.8. The average molecular weight is 406 g/mol. The second-order valence-electron chi connectivity index (χ2n) is 7.26. The molecule has 156 valence electrons. The van der Waals surface area contributed by atoms with Crippen LogP contribution in [0.25, 0.3) is 11.3 Å². The van der Waals surface area contributed by atoms with E-state index in [4.69, 9.17) is 9.15 Å². The van der Waals surface area contributed by atoms with Crippen LogP contribution in [0.4, 0.5) is 0 Å². The van der Waals surface area contributed by atoms with E-state index < -0.39 is 12.1 Å². The van der Waals surface area contributed by atoms with E-state index in [9.17, 15) is 9.59 Å². The number of hydrogen-bond acceptors (Lipinski definition) is 5. The number of amides is 1. The Morgan fingerprint density at radius 1 is 1.07 bits per heavy atom. The van der Waals surface area contributed by atoms with E-state index in [0.717, 1.165) is 16.7 Å². The zero-order valence-electron chi connectivity index (χ0n) is 17.4. The van der Waals surface area contributed by atoms with Crippen molar-refractivity contribution in [3.63, 3.8) is 0 Å². The molecule has 0 fully saturated rings. The van der Waals surface area contributed by atoms with Crippen molar-refractivity contribution in [3.05, 3.63) is 77.8 Å². The number of hydrogen-bond donors (Lipinski definition) is 1. The molecule has 2 aromatic carbocycles. The van der Waals surface area contributed by atoms with E-state index >= 15 is 0 Å². The van der Waals surface area contributed by atoms with Crippen molar-refractivity contribution < 1.29 is 18.7 Å². The summed E-state index contributed by atoms with van der Waals surface area (Å²) in [5.41, 5.74) is 3.08. The van der Waals surface area contributed by atoms with Crippen molar-refractivity contribution in [2.75, 3.05) is 0 Å². The maximum atomic E-state index is 12.3. The maximum Gasteiger partial charge on any atom is 0.307 e. The molecule has 0 aliphatic heterocycles. The Kier molecular flexibility index (Phi) is 7.01. The van der Waals surface area contributed by atoms with Crippen LogP contribution in [-0.4, -0.2) is 23.0 Å². The van der Waals surface area contributed by atoms with Gasteiger partial charge in [0, 0.05) is 12.0 Å². The number of rotatable bonds is 8. The monoisotopic (exact) mass is 406 g/mol. The highest BCUT2D eigenvalue weighted by Gasteiger charge is 2.20. The summed E-state index contributed by atoms with van der Waals surface area (Å²) in [4.78, 5) is 28.7. The van der Waals surface area contributed by atoms with Gasteiger partial charge in [-0.05, 0) is 26.3 Å². The molecule has 30 heavy (non-hydrogen) atoms. The fraction of sp³-hybridized carbons (Fsp3) is 0.292. The molecule has 1 aromatic heterocycles. The zero-order valence-corrected chi connectivity index (χ0v) is 17.4. The van der Waals surface area contributed by atoms with Crippen LogP contribution < -0.4 is 5.32 Å². The first-order chi connectivity index (χ1) is 14.4. The average Bonchev–Trinajstić information content (AvgIpc) is 3.22. The lowest BCUT2D eigenvalue weighted by Gasteiger charge is -2.18. The standard InChI is InChI=1S/C24H26N2O4/c1-16-9-11-20(12-10-16)21-15-25-22(30-21)13-14-23(27)29-18(3)24(28)26-17(2)19-7-5-4-6-8-19/h4-12,15,17-18H,13-14H2,1-3H3,(H,26,28). The van der Waals surface area contributed by atoms with E-state index in [1.165, 1.54) is 0 Å². The van der Waals surface area contributed by atoms with Crippen molar-refractivity contribution in [1.29, 1.82) is 0 Å². The first kappa shape index (κ1) is 21.3. The number of carbonyl (C=O) groups is 2. The Balaban J connectivity index is 1.46. The van der Waals surface area contributed by atoms with Gasteiger partial charge in [-0.1, -0.05) is 60.2 Å². The number of oxazole rings is 1. The Hall–Kier alpha value is -3.41. The molecule has 2 unspecified atom stereocenters. The predicted octanol–water partition coefficient (Wildman–Crippen LogP) is 4.39. The van der Waals surface area contributed by atoms with Gasteiger partial charge in [-0.25, -0.2) is 4.98 Å². The minimum Gasteiger partial charge on any atom is -0.453 e. The molecule has 0 saturated heterocycles. The van der Waals surface area contributed by atoms with Crippen LogP contribution in [0.3, 0.4) is 0 Å². The summed E-state index contributed by atoms with van der Waals surface area (Å²) in [6.45, 7) is 5.46. The molecule has 0 bridgehead atoms. The van der Waals surface area contributed by atoms with Gasteiger partial charge in [0.2, 0.25) is 0 Å². The fourth-order valence-corrected chi connectivity index (χ4v) is 2.95. The molecule has 0 aliphatic rings. The molecule has 3 rings (SSSR count). The Labute approximate surface area is 176 Å². The minimum atomic E-state index is -0.878. The van der Waals surface area contributed by atoms with Gasteiger partial charge in [0.25, 0.3) is 5.91 Å². The minimum absolute atomic E-state index is 0.0830. The first-order valence-corrected chi connectivity index (χ1v) is 9.99. The molecular formula is C24H26N2O4. The van der Waals surface area contributed by atoms with Crippen LogP contribution in [0.1, 0.15) is 43.3 Å². The van der Waals surface area contributed by atoms with Crippen LogP contribution in [-0.2, 0) is 20.7 Å².